The average Bonchev–Trinajstić information content (AvgIpc) is 3.19. The molecule has 0 aromatic rings. The number of hydrogen-bond donors (Lipinski definition) is 0. The van der Waals surface area contributed by atoms with E-state index in [0.717, 1.165) is 69.6 Å². The third-order valence-electron chi connectivity index (χ3n) is 11.8. The van der Waals surface area contributed by atoms with E-state index in [1.165, 1.54) is 167 Å². The van der Waals surface area contributed by atoms with Crippen LogP contribution in [0.25, 0.3) is 0 Å². The molecule has 0 bridgehead atoms. The number of ether oxygens (including phenoxy) is 3. The van der Waals surface area contributed by atoms with Crippen molar-refractivity contribution in [1.82, 2.24) is 0 Å². The predicted octanol–water partition coefficient (Wildman–Crippen LogP) is 16.1. The molecule has 0 aliphatic carbocycles. The Balaban J connectivity index is 4.32. The van der Waals surface area contributed by atoms with Gasteiger partial charge in [0.1, 0.15) is 13.2 Å². The van der Waals surface area contributed by atoms with Gasteiger partial charge in [-0.25, -0.2) is 0 Å². The lowest BCUT2D eigenvalue weighted by Gasteiger charge is -2.18. The molecule has 0 aliphatic heterocycles. The lowest BCUT2D eigenvalue weighted by molar-refractivity contribution is -0.167. The van der Waals surface area contributed by atoms with Crippen LogP contribution in [0, 0.1) is 11.8 Å². The van der Waals surface area contributed by atoms with E-state index in [4.69, 9.17) is 14.2 Å². The zero-order valence-electron chi connectivity index (χ0n) is 39.0. The van der Waals surface area contributed by atoms with Gasteiger partial charge in [0.2, 0.25) is 0 Å². The Hall–Kier alpha value is -1.59. The quantitative estimate of drug-likeness (QED) is 0.0346. The summed E-state index contributed by atoms with van der Waals surface area (Å²) in [5.41, 5.74) is 0. The van der Waals surface area contributed by atoms with E-state index >= 15 is 0 Å². The minimum Gasteiger partial charge on any atom is -0.462 e. The topological polar surface area (TPSA) is 78.9 Å². The molecule has 6 heteroatoms. The maximum Gasteiger partial charge on any atom is 0.306 e. The monoisotopic (exact) mass is 807 g/mol. The first-order chi connectivity index (χ1) is 27.8. The minimum atomic E-state index is -0.762. The van der Waals surface area contributed by atoms with Crippen LogP contribution >= 0.6 is 0 Å². The Morgan fingerprint density at radius 1 is 0.368 bits per heavy atom. The van der Waals surface area contributed by atoms with Crippen LogP contribution in [-0.2, 0) is 28.6 Å². The maximum atomic E-state index is 12.8. The van der Waals surface area contributed by atoms with Crippen molar-refractivity contribution < 1.29 is 28.6 Å². The van der Waals surface area contributed by atoms with Crippen LogP contribution in [-0.4, -0.2) is 37.2 Å². The molecule has 0 radical (unpaired) electrons. The highest BCUT2D eigenvalue weighted by molar-refractivity contribution is 5.71. The van der Waals surface area contributed by atoms with Crippen LogP contribution in [0.4, 0.5) is 0 Å². The molecule has 0 spiro atoms. The second-order valence-corrected chi connectivity index (χ2v) is 18.2. The van der Waals surface area contributed by atoms with Crippen molar-refractivity contribution >= 4 is 17.9 Å². The number of esters is 3. The first kappa shape index (κ1) is 55.4. The van der Waals surface area contributed by atoms with Gasteiger partial charge in [0.25, 0.3) is 0 Å². The van der Waals surface area contributed by atoms with Crippen molar-refractivity contribution in [2.45, 2.75) is 285 Å². The molecule has 0 rings (SSSR count). The van der Waals surface area contributed by atoms with Crippen molar-refractivity contribution in [2.24, 2.45) is 11.8 Å². The Kier molecular flexibility index (Phi) is 42.7. The highest BCUT2D eigenvalue weighted by Gasteiger charge is 2.19. The third-order valence-corrected chi connectivity index (χ3v) is 11.8. The van der Waals surface area contributed by atoms with Crippen molar-refractivity contribution in [3.63, 3.8) is 0 Å². The van der Waals surface area contributed by atoms with Crippen molar-refractivity contribution in [3.05, 3.63) is 0 Å². The summed E-state index contributed by atoms with van der Waals surface area (Å²) in [6.45, 7) is 11.3. The van der Waals surface area contributed by atoms with Crippen LogP contribution in [0.1, 0.15) is 279 Å². The van der Waals surface area contributed by atoms with E-state index < -0.39 is 6.10 Å². The smallest absolute Gasteiger partial charge is 0.306 e. The maximum absolute atomic E-state index is 12.8. The van der Waals surface area contributed by atoms with Gasteiger partial charge in [0.15, 0.2) is 6.10 Å². The summed E-state index contributed by atoms with van der Waals surface area (Å²) in [7, 11) is 0. The lowest BCUT2D eigenvalue weighted by atomic mass is 9.99. The van der Waals surface area contributed by atoms with Crippen LogP contribution < -0.4 is 0 Å². The van der Waals surface area contributed by atoms with Gasteiger partial charge in [-0.15, -0.1) is 0 Å². The summed E-state index contributed by atoms with van der Waals surface area (Å²) in [6.07, 6.45) is 43.7. The van der Waals surface area contributed by atoms with Gasteiger partial charge < -0.3 is 14.2 Å². The second-order valence-electron chi connectivity index (χ2n) is 18.2. The van der Waals surface area contributed by atoms with E-state index in [1.807, 2.05) is 0 Å². The number of unbranched alkanes of at least 4 members (excludes halogenated alkanes) is 29. The zero-order valence-corrected chi connectivity index (χ0v) is 39.0. The average molecular weight is 807 g/mol. The molecule has 0 aromatic carbocycles. The Morgan fingerprint density at radius 3 is 1.00 bits per heavy atom. The summed E-state index contributed by atoms with van der Waals surface area (Å²) in [4.78, 5) is 37.9. The van der Waals surface area contributed by atoms with E-state index in [-0.39, 0.29) is 31.1 Å². The Bertz CT molecular complexity index is 872. The number of carbonyl (C=O) groups is 3. The van der Waals surface area contributed by atoms with Gasteiger partial charge in [-0.2, -0.15) is 0 Å². The van der Waals surface area contributed by atoms with E-state index in [2.05, 4.69) is 34.6 Å². The van der Waals surface area contributed by atoms with Crippen LogP contribution in [0.15, 0.2) is 0 Å². The van der Waals surface area contributed by atoms with E-state index in [1.54, 1.807) is 0 Å². The number of rotatable bonds is 45. The van der Waals surface area contributed by atoms with Gasteiger partial charge in [0.05, 0.1) is 0 Å². The lowest BCUT2D eigenvalue weighted by Crippen LogP contribution is -2.30. The molecular formula is C51H98O6. The first-order valence-corrected chi connectivity index (χ1v) is 25.3. The third kappa shape index (κ3) is 43.8. The molecule has 0 amide bonds. The molecule has 2 atom stereocenters. The molecule has 57 heavy (non-hydrogen) atoms. The summed E-state index contributed by atoms with van der Waals surface area (Å²) in [5.74, 6) is 0.791. The molecule has 0 N–H and O–H groups in total. The molecule has 0 fully saturated rings. The summed E-state index contributed by atoms with van der Waals surface area (Å²) < 4.78 is 16.8. The fourth-order valence-electron chi connectivity index (χ4n) is 7.60. The molecule has 0 aromatic heterocycles. The Labute approximate surface area is 355 Å². The van der Waals surface area contributed by atoms with Gasteiger partial charge in [-0.1, -0.05) is 240 Å². The van der Waals surface area contributed by atoms with Gasteiger partial charge in [-0.3, -0.25) is 14.4 Å². The molecular weight excluding hydrogens is 709 g/mol. The van der Waals surface area contributed by atoms with E-state index in [0.29, 0.717) is 19.3 Å². The minimum absolute atomic E-state index is 0.0649. The fraction of sp³-hybridized carbons (Fsp3) is 0.941. The zero-order chi connectivity index (χ0) is 41.9. The summed E-state index contributed by atoms with van der Waals surface area (Å²) >= 11 is 0. The van der Waals surface area contributed by atoms with Gasteiger partial charge in [-0.05, 0) is 31.1 Å². The SMILES string of the molecule is CCCCCCCCCCCCCCCCCCC(=O)O[C@@H](COC(=O)CCCCCCCCCCC(C)C)COC(=O)CCCCCCCCCCC(C)CC. The van der Waals surface area contributed by atoms with Crippen molar-refractivity contribution in [3.8, 4) is 0 Å². The number of hydrogen-bond acceptors (Lipinski definition) is 6. The highest BCUT2D eigenvalue weighted by atomic mass is 16.6. The first-order valence-electron chi connectivity index (χ1n) is 25.3. The molecule has 6 nitrogen and oxygen atoms in total. The summed E-state index contributed by atoms with van der Waals surface area (Å²) in [5, 5.41) is 0. The number of carbonyl (C=O) groups excluding carboxylic acids is 3. The highest BCUT2D eigenvalue weighted by Crippen LogP contribution is 2.17. The summed E-state index contributed by atoms with van der Waals surface area (Å²) in [6, 6.07) is 0. The van der Waals surface area contributed by atoms with E-state index in [9.17, 15) is 14.4 Å². The molecule has 0 aliphatic rings. The standard InChI is InChI=1S/C51H98O6/c1-6-8-9-10-11-12-13-14-15-16-17-18-19-28-33-38-43-51(54)57-48(44-55-49(52)41-36-31-26-22-20-24-29-34-39-46(3)4)45-56-50(53)42-37-32-27-23-21-25-30-35-40-47(5)7-2/h46-48H,6-45H2,1-5H3/t47?,48-/m0/s1. The van der Waals surface area contributed by atoms with Crippen molar-refractivity contribution in [1.29, 1.82) is 0 Å². The largest absolute Gasteiger partial charge is 0.462 e. The predicted molar refractivity (Wildman–Crippen MR) is 243 cm³/mol. The normalized spacial score (nSPS) is 12.5. The molecule has 1 unspecified atom stereocenters. The van der Waals surface area contributed by atoms with Gasteiger partial charge in [0, 0.05) is 19.3 Å². The molecule has 338 valence electrons. The van der Waals surface area contributed by atoms with Gasteiger partial charge >= 0.3 is 17.9 Å². The van der Waals surface area contributed by atoms with Crippen molar-refractivity contribution in [2.75, 3.05) is 13.2 Å². The van der Waals surface area contributed by atoms with Crippen LogP contribution in [0.5, 0.6) is 0 Å². The molecule has 0 heterocycles. The fourth-order valence-corrected chi connectivity index (χ4v) is 7.60. The van der Waals surface area contributed by atoms with Crippen LogP contribution in [0.2, 0.25) is 0 Å². The second kappa shape index (κ2) is 44.0. The Morgan fingerprint density at radius 2 is 0.667 bits per heavy atom. The molecule has 0 saturated carbocycles. The molecule has 0 saturated heterocycles. The van der Waals surface area contributed by atoms with Crippen LogP contribution in [0.3, 0.4) is 0 Å².